The molecular weight excluding hydrogens is 334 g/mol. The minimum absolute atomic E-state index is 0.0807. The number of ether oxygens (including phenoxy) is 1. The Morgan fingerprint density at radius 1 is 0.778 bits per heavy atom. The minimum atomic E-state index is 0.0807. The van der Waals surface area contributed by atoms with Crippen molar-refractivity contribution >= 4 is 5.70 Å². The van der Waals surface area contributed by atoms with Crippen molar-refractivity contribution in [2.75, 3.05) is 0 Å². The van der Waals surface area contributed by atoms with Crippen molar-refractivity contribution in [3.63, 3.8) is 0 Å². The van der Waals surface area contributed by atoms with Crippen molar-refractivity contribution in [3.8, 4) is 11.1 Å². The van der Waals surface area contributed by atoms with Crippen molar-refractivity contribution in [1.82, 2.24) is 5.48 Å². The van der Waals surface area contributed by atoms with E-state index in [-0.39, 0.29) is 6.10 Å². The quantitative estimate of drug-likeness (QED) is 0.646. The van der Waals surface area contributed by atoms with Crippen LogP contribution < -0.4 is 5.48 Å². The Bertz CT molecular complexity index is 917. The fraction of sp³-hybridized carbons (Fsp3) is 0.167. The first kappa shape index (κ1) is 17.5. The van der Waals surface area contributed by atoms with Gasteiger partial charge in [0.15, 0.2) is 0 Å². The second-order valence-electron chi connectivity index (χ2n) is 6.73. The Kier molecular flexibility index (Phi) is 5.33. The third-order valence-electron chi connectivity index (χ3n) is 4.62. The summed E-state index contributed by atoms with van der Waals surface area (Å²) in [5.41, 5.74) is 9.92. The van der Waals surface area contributed by atoms with Crippen LogP contribution in [0.15, 0.2) is 84.9 Å². The molecule has 3 aromatic carbocycles. The molecule has 0 saturated heterocycles. The van der Waals surface area contributed by atoms with Gasteiger partial charge in [-0.05, 0) is 35.3 Å². The van der Waals surface area contributed by atoms with Gasteiger partial charge in [-0.15, -0.1) is 0 Å². The lowest BCUT2D eigenvalue weighted by molar-refractivity contribution is 0.0625. The fourth-order valence-electron chi connectivity index (χ4n) is 3.22. The molecule has 27 heavy (non-hydrogen) atoms. The van der Waals surface area contributed by atoms with E-state index in [9.17, 15) is 0 Å². The highest BCUT2D eigenvalue weighted by Gasteiger charge is 2.16. The van der Waals surface area contributed by atoms with Crippen molar-refractivity contribution in [1.29, 1.82) is 0 Å². The number of hydroxylamine groups is 1. The van der Waals surface area contributed by atoms with Crippen LogP contribution in [-0.2, 0) is 22.8 Å². The first-order chi connectivity index (χ1) is 13.3. The van der Waals surface area contributed by atoms with Gasteiger partial charge in [-0.2, -0.15) is 0 Å². The molecule has 3 nitrogen and oxygen atoms in total. The first-order valence-electron chi connectivity index (χ1n) is 9.23. The van der Waals surface area contributed by atoms with Crippen molar-refractivity contribution in [3.05, 3.63) is 102 Å². The van der Waals surface area contributed by atoms with E-state index in [0.717, 1.165) is 11.3 Å². The number of benzene rings is 3. The van der Waals surface area contributed by atoms with Gasteiger partial charge in [0.2, 0.25) is 0 Å². The van der Waals surface area contributed by atoms with Gasteiger partial charge in [0.05, 0.1) is 18.9 Å². The molecule has 0 saturated carbocycles. The molecule has 0 bridgehead atoms. The van der Waals surface area contributed by atoms with E-state index < -0.39 is 0 Å². The molecule has 1 aliphatic heterocycles. The van der Waals surface area contributed by atoms with E-state index in [1.54, 1.807) is 0 Å². The molecule has 0 aliphatic carbocycles. The van der Waals surface area contributed by atoms with Gasteiger partial charge >= 0.3 is 0 Å². The zero-order valence-electron chi connectivity index (χ0n) is 15.4. The highest BCUT2D eigenvalue weighted by Crippen LogP contribution is 2.30. The molecule has 1 unspecified atom stereocenters. The molecule has 136 valence electrons. The average molecular weight is 357 g/mol. The van der Waals surface area contributed by atoms with Gasteiger partial charge in [-0.3, -0.25) is 10.3 Å². The maximum atomic E-state index is 5.83. The maximum Gasteiger partial charge on any atom is 0.103 e. The third kappa shape index (κ3) is 4.27. The molecule has 1 atom stereocenters. The van der Waals surface area contributed by atoms with Crippen molar-refractivity contribution < 1.29 is 9.57 Å². The number of hydrogen-bond donors (Lipinski definition) is 1. The largest absolute Gasteiger partial charge is 0.372 e. The van der Waals surface area contributed by atoms with Crippen molar-refractivity contribution in [2.24, 2.45) is 0 Å². The third-order valence-corrected chi connectivity index (χ3v) is 4.62. The molecule has 1 heterocycles. The molecular formula is C24H23NO2. The summed E-state index contributed by atoms with van der Waals surface area (Å²) in [5.74, 6) is 0. The smallest absolute Gasteiger partial charge is 0.103 e. The summed E-state index contributed by atoms with van der Waals surface area (Å²) in [5, 5.41) is 0. The van der Waals surface area contributed by atoms with Crippen molar-refractivity contribution in [2.45, 2.75) is 26.2 Å². The second-order valence-corrected chi connectivity index (χ2v) is 6.73. The van der Waals surface area contributed by atoms with Crippen LogP contribution in [-0.4, -0.2) is 6.10 Å². The number of nitrogens with one attached hydrogen (secondary N) is 1. The zero-order chi connectivity index (χ0) is 18.5. The number of hydrogen-bond acceptors (Lipinski definition) is 3. The summed E-state index contributed by atoms with van der Waals surface area (Å²) < 4.78 is 5.83. The predicted molar refractivity (Wildman–Crippen MR) is 108 cm³/mol. The Balaban J connectivity index is 1.46. The SMILES string of the molecule is CC1C=C(c2ccccc2-c2ccc(COCc3ccccc3)cc2)NO1. The van der Waals surface area contributed by atoms with Crippen LogP contribution in [0.4, 0.5) is 0 Å². The lowest BCUT2D eigenvalue weighted by Crippen LogP contribution is -2.09. The van der Waals surface area contributed by atoms with E-state index in [1.807, 2.05) is 25.1 Å². The molecule has 1 aliphatic rings. The van der Waals surface area contributed by atoms with Gasteiger partial charge in [-0.1, -0.05) is 78.9 Å². The molecule has 3 heteroatoms. The van der Waals surface area contributed by atoms with Crippen LogP contribution in [0.25, 0.3) is 16.8 Å². The maximum absolute atomic E-state index is 5.83. The Morgan fingerprint density at radius 3 is 2.07 bits per heavy atom. The minimum Gasteiger partial charge on any atom is -0.372 e. The van der Waals surface area contributed by atoms with E-state index in [0.29, 0.717) is 13.2 Å². The van der Waals surface area contributed by atoms with Crippen LogP contribution >= 0.6 is 0 Å². The van der Waals surface area contributed by atoms with Gasteiger partial charge in [0.25, 0.3) is 0 Å². The topological polar surface area (TPSA) is 30.5 Å². The summed E-state index contributed by atoms with van der Waals surface area (Å²) in [6, 6.07) is 27.2. The van der Waals surface area contributed by atoms with Crippen LogP contribution in [0.3, 0.4) is 0 Å². The van der Waals surface area contributed by atoms with E-state index >= 15 is 0 Å². The molecule has 0 spiro atoms. The Morgan fingerprint density at radius 2 is 1.41 bits per heavy atom. The standard InChI is InChI=1S/C24H23NO2/c1-18-15-24(25-27-18)23-10-6-5-9-22(23)21-13-11-20(12-14-21)17-26-16-19-7-3-2-4-8-19/h2-15,18,25H,16-17H2,1H3. The summed E-state index contributed by atoms with van der Waals surface area (Å²) in [6.45, 7) is 3.26. The zero-order valence-corrected chi connectivity index (χ0v) is 15.4. The normalized spacial score (nSPS) is 16.0. The highest BCUT2D eigenvalue weighted by molar-refractivity contribution is 5.81. The molecule has 1 N–H and O–H groups in total. The predicted octanol–water partition coefficient (Wildman–Crippen LogP) is 5.33. The summed E-state index contributed by atoms with van der Waals surface area (Å²) in [6.07, 6.45) is 2.18. The van der Waals surface area contributed by atoms with Gasteiger partial charge < -0.3 is 4.74 Å². The van der Waals surface area contributed by atoms with Gasteiger partial charge in [0.1, 0.15) is 6.10 Å². The lowest BCUT2D eigenvalue weighted by atomic mass is 9.96. The second kappa shape index (κ2) is 8.21. The molecule has 3 aromatic rings. The van der Waals surface area contributed by atoms with Crippen LogP contribution in [0, 0.1) is 0 Å². The summed E-state index contributed by atoms with van der Waals surface area (Å²) in [7, 11) is 0. The van der Waals surface area contributed by atoms with Gasteiger partial charge in [-0.25, -0.2) is 0 Å². The molecule has 4 rings (SSSR count). The van der Waals surface area contributed by atoms with Crippen LogP contribution in [0.5, 0.6) is 0 Å². The lowest BCUT2D eigenvalue weighted by Gasteiger charge is -2.12. The average Bonchev–Trinajstić information content (AvgIpc) is 3.16. The van der Waals surface area contributed by atoms with E-state index in [4.69, 9.17) is 9.57 Å². The van der Waals surface area contributed by atoms with Gasteiger partial charge in [0, 0.05) is 5.56 Å². The fourth-order valence-corrected chi connectivity index (χ4v) is 3.22. The molecule has 0 fully saturated rings. The Labute approximate surface area is 160 Å². The van der Waals surface area contributed by atoms with Crippen LogP contribution in [0.1, 0.15) is 23.6 Å². The van der Waals surface area contributed by atoms with Crippen LogP contribution in [0.2, 0.25) is 0 Å². The first-order valence-corrected chi connectivity index (χ1v) is 9.23. The number of rotatable bonds is 6. The van der Waals surface area contributed by atoms with E-state index in [1.165, 1.54) is 22.3 Å². The summed E-state index contributed by atoms with van der Waals surface area (Å²) >= 11 is 0. The highest BCUT2D eigenvalue weighted by atomic mass is 16.7. The monoisotopic (exact) mass is 357 g/mol. The summed E-state index contributed by atoms with van der Waals surface area (Å²) in [4.78, 5) is 5.45. The molecule has 0 amide bonds. The molecule has 0 radical (unpaired) electrons. The van der Waals surface area contributed by atoms with E-state index in [2.05, 4.69) is 72.2 Å². The molecule has 0 aromatic heterocycles. The Hall–Kier alpha value is -2.88.